The van der Waals surface area contributed by atoms with Gasteiger partial charge in [0, 0.05) is 19.3 Å². The van der Waals surface area contributed by atoms with Crippen molar-refractivity contribution >= 4 is 11.6 Å². The van der Waals surface area contributed by atoms with E-state index in [2.05, 4.69) is 27.6 Å². The molecule has 0 atom stereocenters. The SMILES string of the molecule is CCNc1cccc(NCCn2cc(C)cn2)n1. The van der Waals surface area contributed by atoms with Crippen molar-refractivity contribution in [2.24, 2.45) is 0 Å². The van der Waals surface area contributed by atoms with Gasteiger partial charge in [0.15, 0.2) is 0 Å². The van der Waals surface area contributed by atoms with Crippen LogP contribution in [0.15, 0.2) is 30.6 Å². The minimum atomic E-state index is 0.809. The lowest BCUT2D eigenvalue weighted by Crippen LogP contribution is -2.12. The number of aromatic nitrogens is 3. The van der Waals surface area contributed by atoms with Crippen LogP contribution in [-0.4, -0.2) is 27.9 Å². The van der Waals surface area contributed by atoms with Crippen molar-refractivity contribution in [2.75, 3.05) is 23.7 Å². The van der Waals surface area contributed by atoms with Crippen molar-refractivity contribution < 1.29 is 0 Å². The summed E-state index contributed by atoms with van der Waals surface area (Å²) in [6.07, 6.45) is 3.90. The second-order valence-corrected chi connectivity index (χ2v) is 4.15. The lowest BCUT2D eigenvalue weighted by atomic mass is 10.4. The van der Waals surface area contributed by atoms with E-state index in [1.165, 1.54) is 5.56 Å². The van der Waals surface area contributed by atoms with Gasteiger partial charge in [-0.1, -0.05) is 6.07 Å². The van der Waals surface area contributed by atoms with Gasteiger partial charge < -0.3 is 10.6 Å². The van der Waals surface area contributed by atoms with Gasteiger partial charge in [0.1, 0.15) is 11.6 Å². The van der Waals surface area contributed by atoms with Crippen LogP contribution in [0.25, 0.3) is 0 Å². The maximum atomic E-state index is 4.45. The third-order valence-corrected chi connectivity index (χ3v) is 2.52. The van der Waals surface area contributed by atoms with Crippen molar-refractivity contribution in [1.82, 2.24) is 14.8 Å². The first kappa shape index (κ1) is 12.4. The summed E-state index contributed by atoms with van der Waals surface area (Å²) < 4.78 is 1.93. The molecule has 0 spiro atoms. The lowest BCUT2D eigenvalue weighted by molar-refractivity contribution is 0.637. The van der Waals surface area contributed by atoms with E-state index in [-0.39, 0.29) is 0 Å². The fourth-order valence-electron chi connectivity index (χ4n) is 1.70. The maximum Gasteiger partial charge on any atom is 0.128 e. The van der Waals surface area contributed by atoms with Crippen LogP contribution in [0.1, 0.15) is 12.5 Å². The van der Waals surface area contributed by atoms with Crippen molar-refractivity contribution in [1.29, 1.82) is 0 Å². The Labute approximate surface area is 107 Å². The van der Waals surface area contributed by atoms with E-state index in [1.807, 2.05) is 42.2 Å². The van der Waals surface area contributed by atoms with Gasteiger partial charge in [-0.3, -0.25) is 4.68 Å². The summed E-state index contributed by atoms with van der Waals surface area (Å²) in [6, 6.07) is 5.92. The van der Waals surface area contributed by atoms with Crippen molar-refractivity contribution in [3.63, 3.8) is 0 Å². The summed E-state index contributed by atoms with van der Waals surface area (Å²) in [4.78, 5) is 4.45. The predicted octanol–water partition coefficient (Wildman–Crippen LogP) is 2.13. The van der Waals surface area contributed by atoms with Crippen molar-refractivity contribution in [3.05, 3.63) is 36.2 Å². The van der Waals surface area contributed by atoms with E-state index in [1.54, 1.807) is 0 Å². The topological polar surface area (TPSA) is 54.8 Å². The summed E-state index contributed by atoms with van der Waals surface area (Å²) in [7, 11) is 0. The van der Waals surface area contributed by atoms with Crippen LogP contribution in [0, 0.1) is 6.92 Å². The van der Waals surface area contributed by atoms with E-state index in [4.69, 9.17) is 0 Å². The van der Waals surface area contributed by atoms with Crippen LogP contribution < -0.4 is 10.6 Å². The summed E-state index contributed by atoms with van der Waals surface area (Å²) in [5.41, 5.74) is 1.18. The molecule has 5 heteroatoms. The molecule has 0 amide bonds. The summed E-state index contributed by atoms with van der Waals surface area (Å²) in [5, 5.41) is 10.7. The van der Waals surface area contributed by atoms with Crippen molar-refractivity contribution in [2.45, 2.75) is 20.4 Å². The quantitative estimate of drug-likeness (QED) is 0.818. The molecule has 96 valence electrons. The molecule has 2 heterocycles. The number of rotatable bonds is 6. The molecule has 0 aliphatic heterocycles. The number of nitrogens with one attached hydrogen (secondary N) is 2. The van der Waals surface area contributed by atoms with Gasteiger partial charge in [-0.15, -0.1) is 0 Å². The Morgan fingerprint density at radius 2 is 2.00 bits per heavy atom. The molecule has 2 N–H and O–H groups in total. The molecule has 0 unspecified atom stereocenters. The van der Waals surface area contributed by atoms with E-state index >= 15 is 0 Å². The fraction of sp³-hybridized carbons (Fsp3) is 0.385. The average Bonchev–Trinajstić information content (AvgIpc) is 2.76. The highest BCUT2D eigenvalue weighted by atomic mass is 15.3. The van der Waals surface area contributed by atoms with E-state index in [0.717, 1.165) is 31.3 Å². The molecule has 5 nitrogen and oxygen atoms in total. The highest BCUT2D eigenvalue weighted by Crippen LogP contribution is 2.08. The number of aryl methyl sites for hydroxylation is 1. The van der Waals surface area contributed by atoms with Crippen LogP contribution in [0.5, 0.6) is 0 Å². The third kappa shape index (κ3) is 3.48. The second-order valence-electron chi connectivity index (χ2n) is 4.15. The zero-order valence-corrected chi connectivity index (χ0v) is 10.8. The summed E-state index contributed by atoms with van der Waals surface area (Å²) in [6.45, 7) is 6.62. The molecule has 18 heavy (non-hydrogen) atoms. The Balaban J connectivity index is 1.84. The molecule has 0 aliphatic rings. The molecule has 0 saturated heterocycles. The van der Waals surface area contributed by atoms with Crippen LogP contribution in [0.4, 0.5) is 11.6 Å². The normalized spacial score (nSPS) is 10.3. The highest BCUT2D eigenvalue weighted by molar-refractivity contribution is 5.44. The molecule has 0 saturated carbocycles. The van der Waals surface area contributed by atoms with Gasteiger partial charge in [0.2, 0.25) is 0 Å². The number of anilines is 2. The average molecular weight is 245 g/mol. The molecule has 0 aromatic carbocycles. The number of nitrogens with zero attached hydrogens (tertiary/aromatic N) is 3. The Bertz CT molecular complexity index is 492. The van der Waals surface area contributed by atoms with Gasteiger partial charge in [-0.05, 0) is 31.5 Å². The molecule has 0 radical (unpaired) electrons. The smallest absolute Gasteiger partial charge is 0.128 e. The molecule has 0 fully saturated rings. The monoisotopic (exact) mass is 245 g/mol. The molecular weight excluding hydrogens is 226 g/mol. The van der Waals surface area contributed by atoms with E-state index < -0.39 is 0 Å². The Morgan fingerprint density at radius 3 is 2.67 bits per heavy atom. The third-order valence-electron chi connectivity index (χ3n) is 2.52. The largest absolute Gasteiger partial charge is 0.370 e. The standard InChI is InChI=1S/C13H19N5/c1-3-14-12-5-4-6-13(17-12)15-7-8-18-10-11(2)9-16-18/h4-6,9-10H,3,7-8H2,1-2H3,(H2,14,15,17). The fourth-order valence-corrected chi connectivity index (χ4v) is 1.70. The Kier molecular flexibility index (Phi) is 4.17. The van der Waals surface area contributed by atoms with Crippen LogP contribution >= 0.6 is 0 Å². The predicted molar refractivity (Wildman–Crippen MR) is 73.9 cm³/mol. The molecule has 2 aromatic heterocycles. The first-order valence-electron chi connectivity index (χ1n) is 6.22. The first-order valence-corrected chi connectivity index (χ1v) is 6.22. The number of hydrogen-bond acceptors (Lipinski definition) is 4. The second kappa shape index (κ2) is 6.05. The number of pyridine rings is 1. The summed E-state index contributed by atoms with van der Waals surface area (Å²) in [5.74, 6) is 1.79. The number of hydrogen-bond donors (Lipinski definition) is 2. The zero-order chi connectivity index (χ0) is 12.8. The van der Waals surface area contributed by atoms with Gasteiger partial charge in [-0.2, -0.15) is 5.10 Å². The van der Waals surface area contributed by atoms with Gasteiger partial charge in [0.25, 0.3) is 0 Å². The molecular formula is C13H19N5. The molecule has 2 aromatic rings. The molecule has 0 bridgehead atoms. The maximum absolute atomic E-state index is 4.45. The Morgan fingerprint density at radius 1 is 1.22 bits per heavy atom. The van der Waals surface area contributed by atoms with Crippen LogP contribution in [0.2, 0.25) is 0 Å². The van der Waals surface area contributed by atoms with E-state index in [9.17, 15) is 0 Å². The highest BCUT2D eigenvalue weighted by Gasteiger charge is 1.97. The minimum absolute atomic E-state index is 0.809. The molecule has 2 rings (SSSR count). The Hall–Kier alpha value is -2.04. The minimum Gasteiger partial charge on any atom is -0.370 e. The van der Waals surface area contributed by atoms with Crippen molar-refractivity contribution in [3.8, 4) is 0 Å². The first-order chi connectivity index (χ1) is 8.78. The lowest BCUT2D eigenvalue weighted by Gasteiger charge is -2.08. The zero-order valence-electron chi connectivity index (χ0n) is 10.8. The summed E-state index contributed by atoms with van der Waals surface area (Å²) >= 11 is 0. The van der Waals surface area contributed by atoms with Gasteiger partial charge >= 0.3 is 0 Å². The van der Waals surface area contributed by atoms with Gasteiger partial charge in [0.05, 0.1) is 12.7 Å². The molecule has 0 aliphatic carbocycles. The van der Waals surface area contributed by atoms with Crippen LogP contribution in [-0.2, 0) is 6.54 Å². The van der Waals surface area contributed by atoms with Gasteiger partial charge in [-0.25, -0.2) is 4.98 Å². The van der Waals surface area contributed by atoms with Crippen LogP contribution in [0.3, 0.4) is 0 Å². The van der Waals surface area contributed by atoms with E-state index in [0.29, 0.717) is 0 Å².